The number of hydrogen-bond donors (Lipinski definition) is 1. The van der Waals surface area contributed by atoms with Crippen molar-refractivity contribution in [2.24, 2.45) is 0 Å². The van der Waals surface area contributed by atoms with Gasteiger partial charge in [-0.3, -0.25) is 0 Å². The molecule has 5 heteroatoms. The molecule has 0 fully saturated rings. The molecule has 4 nitrogen and oxygen atoms in total. The fourth-order valence-corrected chi connectivity index (χ4v) is 2.02. The Kier molecular flexibility index (Phi) is 5.44. The van der Waals surface area contributed by atoms with Gasteiger partial charge in [0.15, 0.2) is 0 Å². The maximum absolute atomic E-state index is 10.8. The third-order valence-electron chi connectivity index (χ3n) is 2.70. The van der Waals surface area contributed by atoms with E-state index in [1.807, 2.05) is 26.0 Å². The number of halogens is 1. The Hall–Kier alpha value is -1.26. The van der Waals surface area contributed by atoms with E-state index in [2.05, 4.69) is 4.90 Å². The van der Waals surface area contributed by atoms with Crippen LogP contribution in [0.25, 0.3) is 0 Å². The highest BCUT2D eigenvalue weighted by molar-refractivity contribution is 6.33. The fraction of sp³-hybridized carbons (Fsp3) is 0.462. The first-order valence-corrected chi connectivity index (χ1v) is 6.18. The van der Waals surface area contributed by atoms with Crippen LogP contribution in [-0.4, -0.2) is 50.2 Å². The monoisotopic (exact) mass is 270 g/mol. The summed E-state index contributed by atoms with van der Waals surface area (Å²) in [6, 6.07) is 4.81. The van der Waals surface area contributed by atoms with Crippen LogP contribution < -0.4 is 4.90 Å². The number of carbonyl (C=O) groups is 1. The van der Waals surface area contributed by atoms with Crippen LogP contribution in [0.1, 0.15) is 16.8 Å². The van der Waals surface area contributed by atoms with Crippen LogP contribution in [0.2, 0.25) is 5.02 Å². The summed E-state index contributed by atoms with van der Waals surface area (Å²) >= 11 is 6.09. The maximum Gasteiger partial charge on any atom is 0.335 e. The minimum atomic E-state index is -0.960. The van der Waals surface area contributed by atoms with Crippen LogP contribution in [0.4, 0.5) is 5.69 Å². The maximum atomic E-state index is 10.8. The number of anilines is 1. The van der Waals surface area contributed by atoms with Gasteiger partial charge in [0.2, 0.25) is 0 Å². The van der Waals surface area contributed by atoms with E-state index in [1.165, 1.54) is 6.07 Å². The normalized spacial score (nSPS) is 10.7. The lowest BCUT2D eigenvalue weighted by molar-refractivity contribution is 0.0697. The summed E-state index contributed by atoms with van der Waals surface area (Å²) in [6.45, 7) is 1.89. The first kappa shape index (κ1) is 14.8. The van der Waals surface area contributed by atoms with Crippen molar-refractivity contribution < 1.29 is 9.90 Å². The van der Waals surface area contributed by atoms with Crippen LogP contribution in [0.15, 0.2) is 18.2 Å². The Morgan fingerprint density at radius 1 is 1.28 bits per heavy atom. The summed E-state index contributed by atoms with van der Waals surface area (Å²) in [4.78, 5) is 15.0. The Morgan fingerprint density at radius 2 is 1.94 bits per heavy atom. The number of carboxylic acid groups (broad SMARTS) is 1. The largest absolute Gasteiger partial charge is 0.478 e. The lowest BCUT2D eigenvalue weighted by atomic mass is 10.2. The van der Waals surface area contributed by atoms with Gasteiger partial charge in [-0.05, 0) is 45.3 Å². The zero-order valence-electron chi connectivity index (χ0n) is 11.0. The summed E-state index contributed by atoms with van der Waals surface area (Å²) in [5.74, 6) is -0.960. The van der Waals surface area contributed by atoms with E-state index in [9.17, 15) is 4.79 Å². The van der Waals surface area contributed by atoms with E-state index in [1.54, 1.807) is 12.1 Å². The molecule has 1 N–H and O–H groups in total. The fourth-order valence-electron chi connectivity index (χ4n) is 1.69. The molecule has 0 aliphatic carbocycles. The van der Waals surface area contributed by atoms with Crippen LogP contribution in [-0.2, 0) is 0 Å². The molecule has 0 saturated heterocycles. The summed E-state index contributed by atoms with van der Waals surface area (Å²) in [7, 11) is 6.03. The van der Waals surface area contributed by atoms with Gasteiger partial charge < -0.3 is 14.9 Å². The number of hydrogen-bond acceptors (Lipinski definition) is 3. The second-order valence-corrected chi connectivity index (χ2v) is 4.96. The Bertz CT molecular complexity index is 421. The third-order valence-corrected chi connectivity index (χ3v) is 3.01. The van der Waals surface area contributed by atoms with Crippen molar-refractivity contribution in [1.82, 2.24) is 4.90 Å². The highest BCUT2D eigenvalue weighted by Crippen LogP contribution is 2.26. The van der Waals surface area contributed by atoms with Crippen LogP contribution in [0.5, 0.6) is 0 Å². The molecule has 0 aliphatic heterocycles. The minimum Gasteiger partial charge on any atom is -0.478 e. The first-order chi connectivity index (χ1) is 8.41. The van der Waals surface area contributed by atoms with Crippen molar-refractivity contribution in [3.63, 3.8) is 0 Å². The Morgan fingerprint density at radius 3 is 2.44 bits per heavy atom. The van der Waals surface area contributed by atoms with Crippen molar-refractivity contribution in [2.75, 3.05) is 39.1 Å². The average molecular weight is 271 g/mol. The second kappa shape index (κ2) is 6.61. The molecule has 1 aromatic carbocycles. The number of rotatable bonds is 6. The predicted octanol–water partition coefficient (Wildman–Crippen LogP) is 2.43. The SMILES string of the molecule is CN(C)CCCN(C)c1ccc(C(=O)O)cc1Cl. The van der Waals surface area contributed by atoms with Gasteiger partial charge in [-0.15, -0.1) is 0 Å². The number of benzene rings is 1. The lowest BCUT2D eigenvalue weighted by Gasteiger charge is -2.21. The molecular formula is C13H19ClN2O2. The van der Waals surface area contributed by atoms with Gasteiger partial charge in [0.25, 0.3) is 0 Å². The molecule has 18 heavy (non-hydrogen) atoms. The summed E-state index contributed by atoms with van der Waals surface area (Å²) < 4.78 is 0. The van der Waals surface area contributed by atoms with Gasteiger partial charge in [-0.25, -0.2) is 4.79 Å². The predicted molar refractivity (Wildman–Crippen MR) is 74.9 cm³/mol. The molecule has 0 atom stereocenters. The van der Waals surface area contributed by atoms with Crippen molar-refractivity contribution >= 4 is 23.3 Å². The highest BCUT2D eigenvalue weighted by Gasteiger charge is 2.10. The van der Waals surface area contributed by atoms with Gasteiger partial charge in [-0.2, -0.15) is 0 Å². The molecule has 0 aliphatic rings. The van der Waals surface area contributed by atoms with E-state index in [0.717, 1.165) is 25.2 Å². The smallest absolute Gasteiger partial charge is 0.335 e. The van der Waals surface area contributed by atoms with E-state index < -0.39 is 5.97 Å². The summed E-state index contributed by atoms with van der Waals surface area (Å²) in [5.41, 5.74) is 1.07. The minimum absolute atomic E-state index is 0.213. The molecule has 0 aromatic heterocycles. The zero-order valence-corrected chi connectivity index (χ0v) is 11.7. The molecule has 0 spiro atoms. The van der Waals surface area contributed by atoms with Crippen LogP contribution in [0.3, 0.4) is 0 Å². The van der Waals surface area contributed by atoms with E-state index in [4.69, 9.17) is 16.7 Å². The lowest BCUT2D eigenvalue weighted by Crippen LogP contribution is -2.23. The van der Waals surface area contributed by atoms with E-state index in [-0.39, 0.29) is 5.56 Å². The summed E-state index contributed by atoms with van der Waals surface area (Å²) in [6.07, 6.45) is 1.03. The number of carboxylic acids is 1. The average Bonchev–Trinajstić information content (AvgIpc) is 2.27. The molecule has 0 unspecified atom stereocenters. The Balaban J connectivity index is 2.68. The quantitative estimate of drug-likeness (QED) is 0.862. The standard InChI is InChI=1S/C13H19ClN2O2/c1-15(2)7-4-8-16(3)12-6-5-10(13(17)18)9-11(12)14/h5-6,9H,4,7-8H2,1-3H3,(H,17,18). The molecule has 0 bridgehead atoms. The molecule has 100 valence electrons. The van der Waals surface area contributed by atoms with Gasteiger partial charge in [0.1, 0.15) is 0 Å². The van der Waals surface area contributed by atoms with Crippen molar-refractivity contribution in [3.8, 4) is 0 Å². The second-order valence-electron chi connectivity index (χ2n) is 4.55. The first-order valence-electron chi connectivity index (χ1n) is 5.80. The van der Waals surface area contributed by atoms with Crippen LogP contribution in [0, 0.1) is 0 Å². The van der Waals surface area contributed by atoms with Crippen LogP contribution >= 0.6 is 11.6 Å². The molecule has 1 rings (SSSR count). The number of nitrogens with zero attached hydrogens (tertiary/aromatic N) is 2. The van der Waals surface area contributed by atoms with Gasteiger partial charge >= 0.3 is 5.97 Å². The molecular weight excluding hydrogens is 252 g/mol. The van der Waals surface area contributed by atoms with E-state index in [0.29, 0.717) is 5.02 Å². The third kappa shape index (κ3) is 4.20. The molecule has 1 aromatic rings. The molecule has 0 heterocycles. The molecule has 0 saturated carbocycles. The number of aromatic carboxylic acids is 1. The molecule has 0 radical (unpaired) electrons. The zero-order chi connectivity index (χ0) is 13.7. The van der Waals surface area contributed by atoms with Gasteiger partial charge in [-0.1, -0.05) is 11.6 Å². The topological polar surface area (TPSA) is 43.8 Å². The van der Waals surface area contributed by atoms with Gasteiger partial charge in [0.05, 0.1) is 16.3 Å². The highest BCUT2D eigenvalue weighted by atomic mass is 35.5. The van der Waals surface area contributed by atoms with Crippen molar-refractivity contribution in [3.05, 3.63) is 28.8 Å². The van der Waals surface area contributed by atoms with Crippen molar-refractivity contribution in [1.29, 1.82) is 0 Å². The molecule has 0 amide bonds. The Labute approximate surface area is 113 Å². The van der Waals surface area contributed by atoms with E-state index >= 15 is 0 Å². The summed E-state index contributed by atoms with van der Waals surface area (Å²) in [5, 5.41) is 9.34. The van der Waals surface area contributed by atoms with Gasteiger partial charge in [0, 0.05) is 13.6 Å². The van der Waals surface area contributed by atoms with Crippen molar-refractivity contribution in [2.45, 2.75) is 6.42 Å².